The first-order valence-corrected chi connectivity index (χ1v) is 9.39. The van der Waals surface area contributed by atoms with Crippen LogP contribution < -0.4 is 5.32 Å². The number of carbonyl (C=O) groups excluding carboxylic acids is 2. The third-order valence-electron chi connectivity index (χ3n) is 5.34. The van der Waals surface area contributed by atoms with Gasteiger partial charge in [0.05, 0.1) is 5.92 Å². The van der Waals surface area contributed by atoms with Gasteiger partial charge in [-0.25, -0.2) is 4.79 Å². The Morgan fingerprint density at radius 2 is 1.50 bits per heavy atom. The number of hydrogen-bond donors (Lipinski definition) is 1. The van der Waals surface area contributed by atoms with Gasteiger partial charge in [-0.1, -0.05) is 33.6 Å². The average Bonchev–Trinajstić information content (AvgIpc) is 2.58. The monoisotopic (exact) mass is 377 g/mol. The lowest BCUT2D eigenvalue weighted by Gasteiger charge is -2.38. The summed E-state index contributed by atoms with van der Waals surface area (Å²) in [5.74, 6) is -1.82. The fourth-order valence-corrected chi connectivity index (χ4v) is 3.80. The minimum Gasteiger partial charge on any atom is -0.339 e. The molecule has 1 aliphatic carbocycles. The van der Waals surface area contributed by atoms with E-state index in [1.807, 2.05) is 20.8 Å². The first kappa shape index (κ1) is 20.8. The van der Waals surface area contributed by atoms with E-state index in [2.05, 4.69) is 5.32 Å². The fraction of sp³-hybridized carbons (Fsp3) is 0.889. The molecule has 1 saturated carbocycles. The Bertz CT molecular complexity index is 509. The zero-order valence-electron chi connectivity index (χ0n) is 15.9. The van der Waals surface area contributed by atoms with Crippen molar-refractivity contribution in [1.29, 1.82) is 0 Å². The normalized spacial score (nSPS) is 25.2. The average molecular weight is 377 g/mol. The molecular weight excluding hydrogens is 347 g/mol. The van der Waals surface area contributed by atoms with Crippen LogP contribution in [0.25, 0.3) is 0 Å². The number of rotatable bonds is 2. The SMILES string of the molecule is CC(C)(C)C(=O)N1CCN(C(=O)NCC2CCCCC2C(F)(F)F)CC1. The lowest BCUT2D eigenvalue weighted by Crippen LogP contribution is -2.55. The maximum absolute atomic E-state index is 13.1. The smallest absolute Gasteiger partial charge is 0.339 e. The minimum absolute atomic E-state index is 0.0489. The van der Waals surface area contributed by atoms with Gasteiger partial charge in [0, 0.05) is 38.1 Å². The predicted octanol–water partition coefficient (Wildman–Crippen LogP) is 3.26. The highest BCUT2D eigenvalue weighted by molar-refractivity contribution is 5.82. The van der Waals surface area contributed by atoms with Gasteiger partial charge in [-0.2, -0.15) is 13.2 Å². The van der Waals surface area contributed by atoms with Crippen molar-refractivity contribution in [2.45, 2.75) is 52.6 Å². The summed E-state index contributed by atoms with van der Waals surface area (Å²) < 4.78 is 39.4. The van der Waals surface area contributed by atoms with Crippen molar-refractivity contribution >= 4 is 11.9 Å². The van der Waals surface area contributed by atoms with Crippen molar-refractivity contribution < 1.29 is 22.8 Å². The van der Waals surface area contributed by atoms with Crippen LogP contribution in [0.2, 0.25) is 0 Å². The van der Waals surface area contributed by atoms with Crippen LogP contribution in [0.1, 0.15) is 46.5 Å². The van der Waals surface area contributed by atoms with Gasteiger partial charge in [0.2, 0.25) is 5.91 Å². The molecule has 0 bridgehead atoms. The number of hydrogen-bond acceptors (Lipinski definition) is 2. The number of nitrogens with zero attached hydrogens (tertiary/aromatic N) is 2. The minimum atomic E-state index is -4.20. The van der Waals surface area contributed by atoms with Gasteiger partial charge in [0.25, 0.3) is 0 Å². The van der Waals surface area contributed by atoms with E-state index < -0.39 is 23.4 Å². The molecule has 150 valence electrons. The number of urea groups is 1. The summed E-state index contributed by atoms with van der Waals surface area (Å²) in [7, 11) is 0. The number of halogens is 3. The molecule has 1 saturated heterocycles. The van der Waals surface area contributed by atoms with Crippen LogP contribution >= 0.6 is 0 Å². The van der Waals surface area contributed by atoms with Gasteiger partial charge < -0.3 is 15.1 Å². The Kier molecular flexibility index (Phi) is 6.45. The van der Waals surface area contributed by atoms with Crippen LogP contribution in [-0.2, 0) is 4.79 Å². The van der Waals surface area contributed by atoms with Gasteiger partial charge in [-0.15, -0.1) is 0 Å². The molecule has 8 heteroatoms. The molecule has 1 aliphatic heterocycles. The van der Waals surface area contributed by atoms with Crippen LogP contribution in [-0.4, -0.2) is 60.6 Å². The summed E-state index contributed by atoms with van der Waals surface area (Å²) >= 11 is 0. The summed E-state index contributed by atoms with van der Waals surface area (Å²) in [6.45, 7) is 7.35. The predicted molar refractivity (Wildman–Crippen MR) is 92.5 cm³/mol. The van der Waals surface area contributed by atoms with Gasteiger partial charge in [-0.05, 0) is 18.8 Å². The van der Waals surface area contributed by atoms with E-state index in [1.54, 1.807) is 9.80 Å². The van der Waals surface area contributed by atoms with Crippen molar-refractivity contribution in [3.05, 3.63) is 0 Å². The van der Waals surface area contributed by atoms with Gasteiger partial charge >= 0.3 is 12.2 Å². The van der Waals surface area contributed by atoms with E-state index in [4.69, 9.17) is 0 Å². The zero-order chi connectivity index (χ0) is 19.5. The molecule has 2 atom stereocenters. The van der Waals surface area contributed by atoms with E-state index in [1.165, 1.54) is 0 Å². The summed E-state index contributed by atoms with van der Waals surface area (Å²) in [6, 6.07) is -0.334. The highest BCUT2D eigenvalue weighted by atomic mass is 19.4. The van der Waals surface area contributed by atoms with Crippen LogP contribution in [0.15, 0.2) is 0 Å². The van der Waals surface area contributed by atoms with Crippen LogP contribution in [0, 0.1) is 17.3 Å². The molecule has 0 radical (unpaired) electrons. The second-order valence-electron chi connectivity index (χ2n) is 8.41. The van der Waals surface area contributed by atoms with E-state index in [0.717, 1.165) is 6.42 Å². The molecule has 1 N–H and O–H groups in total. The Morgan fingerprint density at radius 1 is 0.962 bits per heavy atom. The number of piperazine rings is 1. The summed E-state index contributed by atoms with van der Waals surface area (Å²) in [6.07, 6.45) is -2.18. The zero-order valence-corrected chi connectivity index (χ0v) is 15.9. The summed E-state index contributed by atoms with van der Waals surface area (Å²) in [5.41, 5.74) is -0.460. The second kappa shape index (κ2) is 8.05. The highest BCUT2D eigenvalue weighted by Crippen LogP contribution is 2.41. The van der Waals surface area contributed by atoms with Crippen molar-refractivity contribution in [2.24, 2.45) is 17.3 Å². The maximum atomic E-state index is 13.1. The van der Waals surface area contributed by atoms with Gasteiger partial charge in [0.15, 0.2) is 0 Å². The third kappa shape index (κ3) is 5.27. The topological polar surface area (TPSA) is 52.7 Å². The molecule has 2 fully saturated rings. The second-order valence-corrected chi connectivity index (χ2v) is 8.41. The summed E-state index contributed by atoms with van der Waals surface area (Å²) in [5, 5.41) is 2.68. The Balaban J connectivity index is 1.81. The largest absolute Gasteiger partial charge is 0.392 e. The Labute approximate surface area is 153 Å². The molecule has 2 rings (SSSR count). The Morgan fingerprint density at radius 3 is 2.04 bits per heavy atom. The lowest BCUT2D eigenvalue weighted by atomic mass is 9.79. The van der Waals surface area contributed by atoms with E-state index in [-0.39, 0.29) is 24.9 Å². The molecule has 1 heterocycles. The van der Waals surface area contributed by atoms with Gasteiger partial charge in [-0.3, -0.25) is 4.79 Å². The van der Waals surface area contributed by atoms with Crippen LogP contribution in [0.3, 0.4) is 0 Å². The van der Waals surface area contributed by atoms with Crippen LogP contribution in [0.4, 0.5) is 18.0 Å². The molecule has 0 aromatic heterocycles. The fourth-order valence-electron chi connectivity index (χ4n) is 3.80. The van der Waals surface area contributed by atoms with Crippen LogP contribution in [0.5, 0.6) is 0 Å². The molecule has 0 aromatic rings. The highest BCUT2D eigenvalue weighted by Gasteiger charge is 2.45. The molecule has 0 aromatic carbocycles. The molecule has 0 spiro atoms. The molecule has 2 aliphatic rings. The molecule has 26 heavy (non-hydrogen) atoms. The van der Waals surface area contributed by atoms with E-state index in [9.17, 15) is 22.8 Å². The van der Waals surface area contributed by atoms with Crippen molar-refractivity contribution in [2.75, 3.05) is 32.7 Å². The maximum Gasteiger partial charge on any atom is 0.392 e. The number of amides is 3. The molecule has 2 unspecified atom stereocenters. The van der Waals surface area contributed by atoms with E-state index >= 15 is 0 Å². The van der Waals surface area contributed by atoms with Crippen molar-refractivity contribution in [1.82, 2.24) is 15.1 Å². The lowest BCUT2D eigenvalue weighted by molar-refractivity contribution is -0.195. The van der Waals surface area contributed by atoms with Crippen molar-refractivity contribution in [3.8, 4) is 0 Å². The first-order chi connectivity index (χ1) is 12.0. The molecule has 5 nitrogen and oxygen atoms in total. The Hall–Kier alpha value is -1.47. The summed E-state index contributed by atoms with van der Waals surface area (Å²) in [4.78, 5) is 27.9. The number of alkyl halides is 3. The first-order valence-electron chi connectivity index (χ1n) is 9.39. The molecule has 3 amide bonds. The standard InChI is InChI=1S/C18H30F3N3O2/c1-17(2,3)15(25)23-8-10-24(11-9-23)16(26)22-12-13-6-4-5-7-14(13)18(19,20)21/h13-14H,4-12H2,1-3H3,(H,22,26). The number of carbonyl (C=O) groups is 2. The quantitative estimate of drug-likeness (QED) is 0.803. The van der Waals surface area contributed by atoms with Crippen molar-refractivity contribution in [3.63, 3.8) is 0 Å². The number of nitrogens with one attached hydrogen (secondary N) is 1. The van der Waals surface area contributed by atoms with Gasteiger partial charge in [0.1, 0.15) is 0 Å². The molecular formula is C18H30F3N3O2. The van der Waals surface area contributed by atoms with E-state index in [0.29, 0.717) is 39.0 Å². The third-order valence-corrected chi connectivity index (χ3v) is 5.34.